The number of carbonyl (C=O) groups is 1. The van der Waals surface area contributed by atoms with Crippen LogP contribution in [0.15, 0.2) is 68.4 Å². The number of hydrogen-bond acceptors (Lipinski definition) is 8. The fourth-order valence-electron chi connectivity index (χ4n) is 4.12. The summed E-state index contributed by atoms with van der Waals surface area (Å²) in [7, 11) is 0. The number of allylic oxidation sites excluding steroid dienone is 1. The normalized spacial score (nSPS) is 16.9. The first kappa shape index (κ1) is 23.4. The summed E-state index contributed by atoms with van der Waals surface area (Å²) in [6.07, 6.45) is 3.52. The highest BCUT2D eigenvalue weighted by Crippen LogP contribution is 2.33. The number of aromatic nitrogens is 1. The Morgan fingerprint density at radius 1 is 1.20 bits per heavy atom. The quantitative estimate of drug-likeness (QED) is 0.387. The molecule has 3 aromatic rings. The lowest BCUT2D eigenvalue weighted by Crippen LogP contribution is -2.40. The topological polar surface area (TPSA) is 79.1 Å². The molecule has 0 bridgehead atoms. The Morgan fingerprint density at radius 3 is 2.66 bits per heavy atom. The summed E-state index contributed by atoms with van der Waals surface area (Å²) in [4.78, 5) is 33.1. The molecule has 35 heavy (non-hydrogen) atoms. The van der Waals surface area contributed by atoms with Crippen LogP contribution in [0.5, 0.6) is 11.5 Å². The summed E-state index contributed by atoms with van der Waals surface area (Å²) in [5, 5.41) is 0. The van der Waals surface area contributed by atoms with E-state index in [4.69, 9.17) is 14.2 Å². The van der Waals surface area contributed by atoms with E-state index in [0.717, 1.165) is 16.0 Å². The van der Waals surface area contributed by atoms with E-state index in [0.29, 0.717) is 32.1 Å². The third-order valence-electron chi connectivity index (χ3n) is 5.71. The molecular formula is C26H24N2O5S2. The van der Waals surface area contributed by atoms with Crippen LogP contribution < -0.4 is 24.4 Å². The number of fused-ring (bicyclic) bond motifs is 2. The Kier molecular flexibility index (Phi) is 6.29. The number of ether oxygens (including phenoxy) is 3. The first-order chi connectivity index (χ1) is 16.9. The molecular weight excluding hydrogens is 484 g/mol. The Bertz CT molecular complexity index is 1520. The molecule has 180 valence electrons. The lowest BCUT2D eigenvalue weighted by atomic mass is 9.96. The molecule has 0 fully saturated rings. The Labute approximate surface area is 210 Å². The van der Waals surface area contributed by atoms with E-state index in [2.05, 4.69) is 4.99 Å². The van der Waals surface area contributed by atoms with Crippen molar-refractivity contribution >= 4 is 35.1 Å². The molecule has 0 spiro atoms. The maximum Gasteiger partial charge on any atom is 0.338 e. The first-order valence-corrected chi connectivity index (χ1v) is 13.2. The van der Waals surface area contributed by atoms with Crippen molar-refractivity contribution in [3.05, 3.63) is 84.5 Å². The zero-order valence-electron chi connectivity index (χ0n) is 19.7. The average molecular weight is 509 g/mol. The van der Waals surface area contributed by atoms with E-state index in [1.165, 1.54) is 11.3 Å². The number of thioether (sulfide) groups is 1. The monoisotopic (exact) mass is 508 g/mol. The highest BCUT2D eigenvalue weighted by Gasteiger charge is 2.33. The van der Waals surface area contributed by atoms with Gasteiger partial charge in [-0.15, -0.1) is 11.8 Å². The van der Waals surface area contributed by atoms with Gasteiger partial charge in [-0.3, -0.25) is 9.36 Å². The van der Waals surface area contributed by atoms with Gasteiger partial charge < -0.3 is 14.2 Å². The van der Waals surface area contributed by atoms with Gasteiger partial charge in [0.1, 0.15) is 0 Å². The minimum atomic E-state index is -0.632. The van der Waals surface area contributed by atoms with Crippen LogP contribution in [-0.2, 0) is 9.53 Å². The third-order valence-corrected chi connectivity index (χ3v) is 7.44. The Morgan fingerprint density at radius 2 is 1.94 bits per heavy atom. The van der Waals surface area contributed by atoms with Crippen molar-refractivity contribution in [2.75, 3.05) is 13.0 Å². The van der Waals surface area contributed by atoms with Crippen LogP contribution in [0.2, 0.25) is 0 Å². The number of carbonyl (C=O) groups excluding carboxylic acids is 1. The summed E-state index contributed by atoms with van der Waals surface area (Å²) in [5.41, 5.74) is 2.34. The standard InChI is InChI=1S/C26H24N2O5S2/c1-14(2)33-25(30)22-15(3)27-26-28(23(22)17-6-8-18(34-4)9-7-17)24(29)21(35-26)12-16-5-10-19-20(11-16)32-13-31-19/h5-12,14,23H,13H2,1-4H3/b21-12-/t23-/m1/s1. The highest BCUT2D eigenvalue weighted by molar-refractivity contribution is 7.98. The predicted molar refractivity (Wildman–Crippen MR) is 136 cm³/mol. The van der Waals surface area contributed by atoms with Crippen LogP contribution in [0.25, 0.3) is 6.08 Å². The van der Waals surface area contributed by atoms with E-state index < -0.39 is 12.0 Å². The Balaban J connectivity index is 1.67. The molecule has 9 heteroatoms. The second kappa shape index (κ2) is 9.39. The van der Waals surface area contributed by atoms with Gasteiger partial charge in [0.05, 0.1) is 27.9 Å². The minimum absolute atomic E-state index is 0.185. The van der Waals surface area contributed by atoms with Crippen LogP contribution in [0.4, 0.5) is 0 Å². The zero-order valence-corrected chi connectivity index (χ0v) is 21.4. The predicted octanol–water partition coefficient (Wildman–Crippen LogP) is 3.64. The Hall–Kier alpha value is -3.30. The lowest BCUT2D eigenvalue weighted by Gasteiger charge is -2.25. The van der Waals surface area contributed by atoms with Crippen molar-refractivity contribution in [1.29, 1.82) is 0 Å². The number of rotatable bonds is 5. The van der Waals surface area contributed by atoms with Gasteiger partial charge in [0, 0.05) is 4.90 Å². The van der Waals surface area contributed by atoms with Crippen molar-refractivity contribution in [3.8, 4) is 11.5 Å². The summed E-state index contributed by atoms with van der Waals surface area (Å²) in [5.74, 6) is 0.860. The number of esters is 1. The van der Waals surface area contributed by atoms with Crippen molar-refractivity contribution in [3.63, 3.8) is 0 Å². The summed E-state index contributed by atoms with van der Waals surface area (Å²) < 4.78 is 18.5. The number of hydrogen-bond donors (Lipinski definition) is 0. The van der Waals surface area contributed by atoms with Gasteiger partial charge in [0.2, 0.25) is 6.79 Å². The zero-order chi connectivity index (χ0) is 24.7. The summed E-state index contributed by atoms with van der Waals surface area (Å²) in [6, 6.07) is 12.8. The fraction of sp³-hybridized carbons (Fsp3) is 0.269. The SMILES string of the molecule is CSc1ccc([C@@H]2C(C(=O)OC(C)C)=C(C)N=c3s/c(=C\c4ccc5c(c4)OCO5)c(=O)n32)cc1. The molecule has 0 saturated carbocycles. The summed E-state index contributed by atoms with van der Waals surface area (Å²) >= 11 is 2.92. The largest absolute Gasteiger partial charge is 0.459 e. The molecule has 2 aliphatic heterocycles. The van der Waals surface area contributed by atoms with Gasteiger partial charge in [-0.1, -0.05) is 29.5 Å². The van der Waals surface area contributed by atoms with E-state index in [9.17, 15) is 9.59 Å². The van der Waals surface area contributed by atoms with E-state index in [-0.39, 0.29) is 18.5 Å². The van der Waals surface area contributed by atoms with Crippen LogP contribution >= 0.6 is 23.1 Å². The van der Waals surface area contributed by atoms with Gasteiger partial charge in [-0.2, -0.15) is 0 Å². The highest BCUT2D eigenvalue weighted by atomic mass is 32.2. The van der Waals surface area contributed by atoms with Gasteiger partial charge >= 0.3 is 5.97 Å². The van der Waals surface area contributed by atoms with E-state index in [1.54, 1.807) is 37.1 Å². The fourth-order valence-corrected chi connectivity index (χ4v) is 5.57. The van der Waals surface area contributed by atoms with Crippen molar-refractivity contribution in [1.82, 2.24) is 4.57 Å². The smallest absolute Gasteiger partial charge is 0.338 e. The molecule has 0 radical (unpaired) electrons. The minimum Gasteiger partial charge on any atom is -0.459 e. The molecule has 5 rings (SSSR count). The molecule has 1 atom stereocenters. The van der Waals surface area contributed by atoms with Crippen LogP contribution in [0, 0.1) is 0 Å². The first-order valence-electron chi connectivity index (χ1n) is 11.1. The summed E-state index contributed by atoms with van der Waals surface area (Å²) in [6.45, 7) is 5.58. The van der Waals surface area contributed by atoms with Crippen molar-refractivity contribution < 1.29 is 19.0 Å². The van der Waals surface area contributed by atoms with E-state index in [1.807, 2.05) is 54.8 Å². The van der Waals surface area contributed by atoms with Gasteiger partial charge in [-0.25, -0.2) is 9.79 Å². The number of nitrogens with zero attached hydrogens (tertiary/aromatic N) is 2. The number of benzene rings is 2. The second-order valence-corrected chi connectivity index (χ2v) is 10.3. The maximum atomic E-state index is 13.7. The van der Waals surface area contributed by atoms with Gasteiger partial charge in [-0.05, 0) is 68.5 Å². The molecule has 0 unspecified atom stereocenters. The molecule has 3 heterocycles. The third kappa shape index (κ3) is 4.41. The van der Waals surface area contributed by atoms with Crippen LogP contribution in [0.3, 0.4) is 0 Å². The molecule has 2 aromatic carbocycles. The van der Waals surface area contributed by atoms with Crippen molar-refractivity contribution in [2.24, 2.45) is 4.99 Å². The van der Waals surface area contributed by atoms with Crippen LogP contribution in [0.1, 0.15) is 37.9 Å². The molecule has 1 aromatic heterocycles. The van der Waals surface area contributed by atoms with Crippen LogP contribution in [-0.4, -0.2) is 29.7 Å². The maximum absolute atomic E-state index is 13.7. The molecule has 7 nitrogen and oxygen atoms in total. The van der Waals surface area contributed by atoms with Crippen molar-refractivity contribution in [2.45, 2.75) is 37.8 Å². The molecule has 0 N–H and O–H groups in total. The number of thiazole rings is 1. The molecule has 2 aliphatic rings. The molecule has 0 aliphatic carbocycles. The molecule has 0 amide bonds. The van der Waals surface area contributed by atoms with Gasteiger partial charge in [0.25, 0.3) is 5.56 Å². The van der Waals surface area contributed by atoms with Gasteiger partial charge in [0.15, 0.2) is 16.3 Å². The molecule has 0 saturated heterocycles. The lowest BCUT2D eigenvalue weighted by molar-refractivity contribution is -0.143. The van der Waals surface area contributed by atoms with E-state index >= 15 is 0 Å². The second-order valence-electron chi connectivity index (χ2n) is 8.42. The average Bonchev–Trinajstić information content (AvgIpc) is 3.41.